The van der Waals surface area contributed by atoms with Gasteiger partial charge in [0.1, 0.15) is 5.75 Å². The second kappa shape index (κ2) is 9.82. The summed E-state index contributed by atoms with van der Waals surface area (Å²) < 4.78 is 55.0. The first-order valence-corrected chi connectivity index (χ1v) is 10.9. The summed E-state index contributed by atoms with van der Waals surface area (Å²) >= 11 is 0. The number of ether oxygens (including phenoxy) is 1. The minimum atomic E-state index is -3.56. The first-order valence-electron chi connectivity index (χ1n) is 9.38. The highest BCUT2D eigenvalue weighted by atomic mass is 32.2. The predicted octanol–water partition coefficient (Wildman–Crippen LogP) is 2.98. The van der Waals surface area contributed by atoms with Gasteiger partial charge in [-0.1, -0.05) is 42.5 Å². The van der Waals surface area contributed by atoms with Gasteiger partial charge in [0, 0.05) is 31.6 Å². The summed E-state index contributed by atoms with van der Waals surface area (Å²) in [5.74, 6) is -0.113. The van der Waals surface area contributed by atoms with E-state index in [-0.39, 0.29) is 31.2 Å². The van der Waals surface area contributed by atoms with E-state index in [2.05, 4.69) is 4.74 Å². The average molecular weight is 436 g/mol. The maximum Gasteiger partial charge on any atom is 0.387 e. The average Bonchev–Trinajstić information content (AvgIpc) is 2.74. The van der Waals surface area contributed by atoms with Crippen LogP contribution in [-0.4, -0.2) is 56.3 Å². The van der Waals surface area contributed by atoms with E-state index in [0.717, 1.165) is 5.56 Å². The molecule has 6 nitrogen and oxygen atoms in total. The van der Waals surface area contributed by atoms with Crippen LogP contribution in [0.3, 0.4) is 0 Å². The number of amides is 1. The predicted molar refractivity (Wildman–Crippen MR) is 109 cm³/mol. The zero-order valence-electron chi connectivity index (χ0n) is 16.2. The third kappa shape index (κ3) is 6.11. The van der Waals surface area contributed by atoms with E-state index in [1.54, 1.807) is 23.1 Å². The fourth-order valence-electron chi connectivity index (χ4n) is 3.08. The highest BCUT2D eigenvalue weighted by molar-refractivity contribution is 7.92. The molecule has 9 heteroatoms. The Labute approximate surface area is 174 Å². The second-order valence-electron chi connectivity index (χ2n) is 6.74. The minimum Gasteiger partial charge on any atom is -0.435 e. The summed E-state index contributed by atoms with van der Waals surface area (Å²) in [4.78, 5) is 14.1. The van der Waals surface area contributed by atoms with E-state index in [9.17, 15) is 22.0 Å². The molecule has 0 saturated carbocycles. The molecule has 160 valence electrons. The minimum absolute atomic E-state index is 0.0311. The van der Waals surface area contributed by atoms with Crippen molar-refractivity contribution >= 4 is 22.0 Å². The van der Waals surface area contributed by atoms with E-state index in [1.165, 1.54) is 21.8 Å². The highest BCUT2D eigenvalue weighted by Gasteiger charge is 2.27. The number of sulfonamides is 1. The number of carbonyl (C=O) groups excluding carboxylic acids is 1. The standard InChI is InChI=1S/C21H22F2N2O4S/c22-21(23)29-19-8-6-18(7-9-19)16-20(26)24-11-13-25(14-12-24)30(27,28)15-10-17-4-2-1-3-5-17/h1-10,15,21H,11-14,16H2/b15-10+. The number of benzene rings is 2. The number of piperazine rings is 1. The zero-order valence-corrected chi connectivity index (χ0v) is 17.0. The summed E-state index contributed by atoms with van der Waals surface area (Å²) in [5, 5.41) is 1.18. The molecule has 0 radical (unpaired) electrons. The largest absolute Gasteiger partial charge is 0.435 e. The van der Waals surface area contributed by atoms with Crippen LogP contribution in [0.4, 0.5) is 8.78 Å². The third-order valence-corrected chi connectivity index (χ3v) is 6.25. The molecule has 1 amide bonds. The molecular formula is C21H22F2N2O4S. The van der Waals surface area contributed by atoms with Crippen molar-refractivity contribution in [3.05, 3.63) is 71.1 Å². The number of alkyl halides is 2. The van der Waals surface area contributed by atoms with Gasteiger partial charge in [0.15, 0.2) is 0 Å². The molecule has 0 N–H and O–H groups in total. The molecule has 0 aliphatic carbocycles. The summed E-state index contributed by atoms with van der Waals surface area (Å²) in [7, 11) is -3.56. The first-order chi connectivity index (χ1) is 14.3. The Morgan fingerprint density at radius 1 is 1.00 bits per heavy atom. The Bertz CT molecular complexity index is 972. The van der Waals surface area contributed by atoms with E-state index in [1.807, 2.05) is 30.3 Å². The number of nitrogens with zero attached hydrogens (tertiary/aromatic N) is 2. The van der Waals surface area contributed by atoms with Crippen molar-refractivity contribution < 1.29 is 26.7 Å². The lowest BCUT2D eigenvalue weighted by molar-refractivity contribution is -0.131. The molecule has 1 fully saturated rings. The normalized spacial score (nSPS) is 15.6. The molecule has 1 saturated heterocycles. The summed E-state index contributed by atoms with van der Waals surface area (Å²) in [6.45, 7) is -1.87. The van der Waals surface area contributed by atoms with Gasteiger partial charge in [-0.15, -0.1) is 0 Å². The van der Waals surface area contributed by atoms with E-state index in [4.69, 9.17) is 0 Å². The molecule has 0 bridgehead atoms. The number of halogens is 2. The van der Waals surface area contributed by atoms with Crippen LogP contribution < -0.4 is 4.74 Å². The van der Waals surface area contributed by atoms with Crippen LogP contribution in [0.25, 0.3) is 6.08 Å². The van der Waals surface area contributed by atoms with Gasteiger partial charge in [-0.2, -0.15) is 13.1 Å². The summed E-state index contributed by atoms with van der Waals surface area (Å²) in [6.07, 6.45) is 1.66. The van der Waals surface area contributed by atoms with Crippen molar-refractivity contribution in [3.8, 4) is 5.75 Å². The quantitative estimate of drug-likeness (QED) is 0.669. The van der Waals surface area contributed by atoms with Crippen molar-refractivity contribution in [1.29, 1.82) is 0 Å². The zero-order chi connectivity index (χ0) is 21.6. The Balaban J connectivity index is 1.52. The Morgan fingerprint density at radius 2 is 1.63 bits per heavy atom. The summed E-state index contributed by atoms with van der Waals surface area (Å²) in [5.41, 5.74) is 1.46. The number of hydrogen-bond donors (Lipinski definition) is 0. The van der Waals surface area contributed by atoms with Crippen LogP contribution in [0.2, 0.25) is 0 Å². The molecule has 0 spiro atoms. The van der Waals surface area contributed by atoms with Gasteiger partial charge >= 0.3 is 6.61 Å². The first kappa shape index (κ1) is 21.9. The number of rotatable bonds is 7. The van der Waals surface area contributed by atoms with Crippen LogP contribution in [0, 0.1) is 0 Å². The van der Waals surface area contributed by atoms with Gasteiger partial charge < -0.3 is 9.64 Å². The van der Waals surface area contributed by atoms with E-state index >= 15 is 0 Å². The highest BCUT2D eigenvalue weighted by Crippen LogP contribution is 2.17. The Morgan fingerprint density at radius 3 is 2.23 bits per heavy atom. The van der Waals surface area contributed by atoms with Crippen LogP contribution >= 0.6 is 0 Å². The maximum absolute atomic E-state index is 12.5. The molecule has 0 unspecified atom stereocenters. The Hall–Kier alpha value is -2.78. The van der Waals surface area contributed by atoms with Crippen molar-refractivity contribution in [2.45, 2.75) is 13.0 Å². The molecule has 1 aliphatic rings. The fraction of sp³-hybridized carbons (Fsp3) is 0.286. The molecule has 1 heterocycles. The van der Waals surface area contributed by atoms with Crippen LogP contribution in [0.1, 0.15) is 11.1 Å². The van der Waals surface area contributed by atoms with Crippen LogP contribution in [-0.2, 0) is 21.2 Å². The van der Waals surface area contributed by atoms with Crippen LogP contribution in [0.15, 0.2) is 60.0 Å². The second-order valence-corrected chi connectivity index (χ2v) is 8.56. The van der Waals surface area contributed by atoms with Crippen molar-refractivity contribution in [2.75, 3.05) is 26.2 Å². The molecule has 2 aromatic carbocycles. The Kier molecular flexibility index (Phi) is 7.17. The molecule has 3 rings (SSSR count). The third-order valence-electron chi connectivity index (χ3n) is 4.69. The number of hydrogen-bond acceptors (Lipinski definition) is 4. The van der Waals surface area contributed by atoms with Crippen molar-refractivity contribution in [1.82, 2.24) is 9.21 Å². The van der Waals surface area contributed by atoms with Crippen LogP contribution in [0.5, 0.6) is 5.75 Å². The maximum atomic E-state index is 12.5. The monoisotopic (exact) mass is 436 g/mol. The van der Waals surface area contributed by atoms with Crippen molar-refractivity contribution in [2.24, 2.45) is 0 Å². The molecule has 1 aliphatic heterocycles. The van der Waals surface area contributed by atoms with Gasteiger partial charge in [0.2, 0.25) is 15.9 Å². The number of carbonyl (C=O) groups is 1. The topological polar surface area (TPSA) is 66.9 Å². The van der Waals surface area contributed by atoms with E-state index < -0.39 is 16.6 Å². The molecule has 30 heavy (non-hydrogen) atoms. The van der Waals surface area contributed by atoms with Gasteiger partial charge in [0.25, 0.3) is 0 Å². The van der Waals surface area contributed by atoms with Crippen molar-refractivity contribution in [3.63, 3.8) is 0 Å². The van der Waals surface area contributed by atoms with Gasteiger partial charge in [-0.05, 0) is 29.3 Å². The smallest absolute Gasteiger partial charge is 0.387 e. The van der Waals surface area contributed by atoms with Gasteiger partial charge in [-0.25, -0.2) is 8.42 Å². The summed E-state index contributed by atoms with van der Waals surface area (Å²) in [6, 6.07) is 15.0. The molecular weight excluding hydrogens is 414 g/mol. The van der Waals surface area contributed by atoms with Gasteiger partial charge in [0.05, 0.1) is 6.42 Å². The lowest BCUT2D eigenvalue weighted by atomic mass is 10.1. The van der Waals surface area contributed by atoms with Gasteiger partial charge in [-0.3, -0.25) is 4.79 Å². The fourth-order valence-corrected chi connectivity index (χ4v) is 4.26. The lowest BCUT2D eigenvalue weighted by Crippen LogP contribution is -2.50. The molecule has 0 atom stereocenters. The molecule has 2 aromatic rings. The molecule has 0 aromatic heterocycles. The SMILES string of the molecule is O=C(Cc1ccc(OC(F)F)cc1)N1CCN(S(=O)(=O)/C=C/c2ccccc2)CC1. The lowest BCUT2D eigenvalue weighted by Gasteiger charge is -2.33. The van der Waals surface area contributed by atoms with E-state index in [0.29, 0.717) is 18.7 Å².